The van der Waals surface area contributed by atoms with Crippen LogP contribution in [0.5, 0.6) is 0 Å². The molecule has 2 aromatic carbocycles. The summed E-state index contributed by atoms with van der Waals surface area (Å²) in [4.78, 5) is 52.0. The summed E-state index contributed by atoms with van der Waals surface area (Å²) in [6.07, 6.45) is 7.12. The maximum Gasteiger partial charge on any atom is 0.323 e. The van der Waals surface area contributed by atoms with Gasteiger partial charge in [0, 0.05) is 44.2 Å². The first-order valence-corrected chi connectivity index (χ1v) is 14.0. The highest BCUT2D eigenvalue weighted by Gasteiger charge is 2.28. The number of hydrogen-bond acceptors (Lipinski definition) is 4. The number of hydrogen-bond donors (Lipinski definition) is 1. The first kappa shape index (κ1) is 35.4. The second-order valence-electron chi connectivity index (χ2n) is 10.4. The van der Waals surface area contributed by atoms with Crippen LogP contribution in [0.2, 0.25) is 0 Å². The SMILES string of the molecule is O=C(O)C1CCN(C(=O)/C=C/c2cc(F)c(F)c(F)c2)CC1.[N-]=[N+]=CC(=O)C1CCN(C(=O)/C=C/c2cc(F)c(F)c(F)c2)CC1. The van der Waals surface area contributed by atoms with E-state index in [1.165, 1.54) is 22.0 Å². The third kappa shape index (κ3) is 9.73. The van der Waals surface area contributed by atoms with Crippen molar-refractivity contribution in [2.45, 2.75) is 25.7 Å². The van der Waals surface area contributed by atoms with Crippen LogP contribution < -0.4 is 0 Å². The molecule has 2 aromatic rings. The van der Waals surface area contributed by atoms with Gasteiger partial charge < -0.3 is 20.4 Å². The van der Waals surface area contributed by atoms with Gasteiger partial charge in [0.2, 0.25) is 17.6 Å². The summed E-state index contributed by atoms with van der Waals surface area (Å²) in [5.41, 5.74) is 8.40. The molecule has 46 heavy (non-hydrogen) atoms. The highest BCUT2D eigenvalue weighted by Crippen LogP contribution is 2.20. The molecule has 15 heteroatoms. The lowest BCUT2D eigenvalue weighted by Crippen LogP contribution is -2.39. The highest BCUT2D eigenvalue weighted by atomic mass is 19.2. The number of aliphatic carboxylic acids is 1. The Morgan fingerprint density at radius 3 is 1.35 bits per heavy atom. The van der Waals surface area contributed by atoms with Gasteiger partial charge in [0.15, 0.2) is 34.9 Å². The van der Waals surface area contributed by atoms with E-state index in [0.29, 0.717) is 51.9 Å². The van der Waals surface area contributed by atoms with E-state index in [4.69, 9.17) is 10.6 Å². The summed E-state index contributed by atoms with van der Waals surface area (Å²) < 4.78 is 77.9. The Hall–Kier alpha value is -5.04. The van der Waals surface area contributed by atoms with E-state index in [1.807, 2.05) is 0 Å². The maximum absolute atomic E-state index is 13.1. The molecular weight excluding hydrogens is 622 g/mol. The molecule has 0 aliphatic carbocycles. The Morgan fingerprint density at radius 2 is 1.02 bits per heavy atom. The minimum absolute atomic E-state index is 0.0315. The van der Waals surface area contributed by atoms with Gasteiger partial charge >= 0.3 is 12.2 Å². The van der Waals surface area contributed by atoms with Gasteiger partial charge in [0.1, 0.15) is 0 Å². The molecule has 0 spiro atoms. The quantitative estimate of drug-likeness (QED) is 0.116. The largest absolute Gasteiger partial charge is 0.481 e. The average molecular weight is 651 g/mol. The molecule has 1 N–H and O–H groups in total. The standard InChI is InChI=1S/C16H14F3N3O2.C15H14F3NO3/c17-12-7-10(8-13(18)16(12)19)1-2-15(24)22-5-3-11(4-6-22)14(23)9-21-20;16-11-7-9(8-12(17)14(11)18)1-2-13(20)19-5-3-10(4-6-19)15(21)22/h1-2,7-9,11H,3-6H2;1-2,7-8,10H,3-6H2,(H,21,22)/b2*2-1+. The van der Waals surface area contributed by atoms with Crippen LogP contribution in [-0.4, -0.2) is 75.7 Å². The number of halogens is 6. The molecule has 2 heterocycles. The van der Waals surface area contributed by atoms with E-state index in [1.54, 1.807) is 0 Å². The lowest BCUT2D eigenvalue weighted by atomic mass is 9.93. The molecule has 0 saturated carbocycles. The zero-order chi connectivity index (χ0) is 34.0. The van der Waals surface area contributed by atoms with Gasteiger partial charge in [0.05, 0.1) is 5.92 Å². The van der Waals surface area contributed by atoms with Crippen LogP contribution in [0.3, 0.4) is 0 Å². The summed E-state index contributed by atoms with van der Waals surface area (Å²) in [6, 6.07) is 3.17. The monoisotopic (exact) mass is 650 g/mol. The van der Waals surface area contributed by atoms with E-state index in [2.05, 4.69) is 4.79 Å². The number of carbonyl (C=O) groups excluding carboxylic acids is 3. The van der Waals surface area contributed by atoms with Crippen molar-refractivity contribution in [3.05, 3.63) is 88.0 Å². The van der Waals surface area contributed by atoms with Crippen LogP contribution in [0, 0.1) is 46.7 Å². The van der Waals surface area contributed by atoms with Crippen LogP contribution in [0.25, 0.3) is 17.7 Å². The summed E-state index contributed by atoms with van der Waals surface area (Å²) in [6.45, 7) is 1.30. The predicted octanol–water partition coefficient (Wildman–Crippen LogP) is 4.67. The zero-order valence-corrected chi connectivity index (χ0v) is 24.1. The van der Waals surface area contributed by atoms with Crippen molar-refractivity contribution >= 4 is 41.9 Å². The summed E-state index contributed by atoms with van der Waals surface area (Å²) >= 11 is 0. The van der Waals surface area contributed by atoms with Crippen molar-refractivity contribution in [3.63, 3.8) is 0 Å². The van der Waals surface area contributed by atoms with E-state index >= 15 is 0 Å². The number of likely N-dealkylation sites (tertiary alicyclic amines) is 2. The molecule has 9 nitrogen and oxygen atoms in total. The molecule has 4 rings (SSSR count). The summed E-state index contributed by atoms with van der Waals surface area (Å²) in [5, 5.41) is 8.87. The van der Waals surface area contributed by atoms with Crippen LogP contribution in [0.15, 0.2) is 36.4 Å². The molecule has 0 bridgehead atoms. The molecule has 2 aliphatic heterocycles. The summed E-state index contributed by atoms with van der Waals surface area (Å²) in [5.74, 6) is -11.1. The van der Waals surface area contributed by atoms with E-state index < -0.39 is 46.8 Å². The van der Waals surface area contributed by atoms with Crippen molar-refractivity contribution in [2.75, 3.05) is 26.2 Å². The topological polar surface area (TPSA) is 131 Å². The third-order valence-corrected chi connectivity index (χ3v) is 7.40. The van der Waals surface area contributed by atoms with E-state index in [0.717, 1.165) is 42.6 Å². The number of nitrogens with zero attached hydrogens (tertiary/aromatic N) is 4. The molecule has 0 aromatic heterocycles. The molecule has 0 radical (unpaired) electrons. The fourth-order valence-electron chi connectivity index (χ4n) is 4.78. The molecule has 2 fully saturated rings. The second-order valence-corrected chi connectivity index (χ2v) is 10.4. The number of Topliss-reactive ketones (excluding diaryl/α,β-unsaturated/α-hetero) is 1. The van der Waals surface area contributed by atoms with Gasteiger partial charge in [-0.25, -0.2) is 26.3 Å². The maximum atomic E-state index is 13.1. The van der Waals surface area contributed by atoms with E-state index in [9.17, 15) is 45.5 Å². The first-order valence-electron chi connectivity index (χ1n) is 14.0. The normalized spacial score (nSPS) is 15.8. The van der Waals surface area contributed by atoms with Gasteiger partial charge in [0.25, 0.3) is 0 Å². The molecule has 2 aliphatic rings. The van der Waals surface area contributed by atoms with Gasteiger partial charge in [-0.05, 0) is 73.2 Å². The second kappa shape index (κ2) is 16.3. The van der Waals surface area contributed by atoms with Crippen LogP contribution in [0.4, 0.5) is 26.3 Å². The number of ketones is 1. The zero-order valence-electron chi connectivity index (χ0n) is 24.1. The van der Waals surface area contributed by atoms with Crippen LogP contribution >= 0.6 is 0 Å². The van der Waals surface area contributed by atoms with Crippen molar-refractivity contribution in [1.82, 2.24) is 9.80 Å². The molecule has 0 unspecified atom stereocenters. The molecule has 2 saturated heterocycles. The van der Waals surface area contributed by atoms with Gasteiger partial charge in [-0.3, -0.25) is 19.2 Å². The highest BCUT2D eigenvalue weighted by molar-refractivity contribution is 6.26. The first-order chi connectivity index (χ1) is 21.8. The fraction of sp³-hybridized carbons (Fsp3) is 0.323. The molecule has 2 amide bonds. The number of benzene rings is 2. The number of carbonyl (C=O) groups is 4. The lowest BCUT2D eigenvalue weighted by molar-refractivity contribution is -0.144. The van der Waals surface area contributed by atoms with Gasteiger partial charge in [-0.15, -0.1) is 0 Å². The Balaban J connectivity index is 0.000000251. The third-order valence-electron chi connectivity index (χ3n) is 7.40. The van der Waals surface area contributed by atoms with Gasteiger partial charge in [-0.1, -0.05) is 0 Å². The van der Waals surface area contributed by atoms with Crippen molar-refractivity contribution in [3.8, 4) is 0 Å². The number of piperidine rings is 2. The smallest absolute Gasteiger partial charge is 0.323 e. The Labute approximate surface area is 259 Å². The Kier molecular flexibility index (Phi) is 12.6. The molecule has 244 valence electrons. The molecule has 0 atom stereocenters. The Bertz CT molecular complexity index is 1550. The predicted molar refractivity (Wildman–Crippen MR) is 152 cm³/mol. The summed E-state index contributed by atoms with van der Waals surface area (Å²) in [7, 11) is 0. The average Bonchev–Trinajstić information content (AvgIpc) is 3.04. The number of carboxylic acid groups (broad SMARTS) is 1. The lowest BCUT2D eigenvalue weighted by Gasteiger charge is -2.29. The minimum Gasteiger partial charge on any atom is -0.481 e. The van der Waals surface area contributed by atoms with E-state index in [-0.39, 0.29) is 34.6 Å². The minimum atomic E-state index is -1.56. The number of amides is 2. The van der Waals surface area contributed by atoms with Crippen molar-refractivity contribution in [1.29, 1.82) is 0 Å². The Morgan fingerprint density at radius 1 is 0.674 bits per heavy atom. The van der Waals surface area contributed by atoms with Crippen LogP contribution in [0.1, 0.15) is 36.8 Å². The van der Waals surface area contributed by atoms with Gasteiger partial charge in [-0.2, -0.15) is 4.79 Å². The van der Waals surface area contributed by atoms with Crippen molar-refractivity contribution in [2.24, 2.45) is 11.8 Å². The van der Waals surface area contributed by atoms with Crippen LogP contribution in [-0.2, 0) is 19.2 Å². The fourth-order valence-corrected chi connectivity index (χ4v) is 4.78. The van der Waals surface area contributed by atoms with Crippen molar-refractivity contribution < 1.29 is 55.4 Å². The molecular formula is C31H28F6N4O5. The number of rotatable bonds is 7. The number of carboxylic acids is 1.